The third-order valence-corrected chi connectivity index (χ3v) is 4.43. The fourth-order valence-corrected chi connectivity index (χ4v) is 2.76. The van der Waals surface area contributed by atoms with Gasteiger partial charge in [-0.2, -0.15) is 18.2 Å². The molecule has 0 radical (unpaired) electrons. The van der Waals surface area contributed by atoms with Gasteiger partial charge in [-0.3, -0.25) is 9.59 Å². The first kappa shape index (κ1) is 21.3. The van der Waals surface area contributed by atoms with E-state index in [9.17, 15) is 22.8 Å². The summed E-state index contributed by atoms with van der Waals surface area (Å²) < 4.78 is 36.6. The minimum atomic E-state index is -4.88. The molecule has 8 nitrogen and oxygen atoms in total. The van der Waals surface area contributed by atoms with Crippen LogP contribution < -0.4 is 21.7 Å². The second kappa shape index (κ2) is 8.97. The van der Waals surface area contributed by atoms with Gasteiger partial charge in [0.1, 0.15) is 5.82 Å². The average molecular weight is 422 g/mol. The van der Waals surface area contributed by atoms with Crippen LogP contribution in [0.2, 0.25) is 0 Å². The molecule has 0 bridgehead atoms. The molecule has 0 aliphatic heterocycles. The Kier molecular flexibility index (Phi) is 6.38. The maximum absolute atomic E-state index is 12.2. The molecule has 0 spiro atoms. The lowest BCUT2D eigenvalue weighted by Gasteiger charge is -2.13. The summed E-state index contributed by atoms with van der Waals surface area (Å²) in [5.74, 6) is -1.27. The Morgan fingerprint density at radius 2 is 1.97 bits per heavy atom. The SMILES string of the molecule is NC(=O)c1cccc(Nc2ncc(C3CC3)c(NCCCNC(=O)C(F)(F)F)n2)c1. The number of rotatable bonds is 9. The van der Waals surface area contributed by atoms with Gasteiger partial charge < -0.3 is 21.7 Å². The smallest absolute Gasteiger partial charge is 0.370 e. The third kappa shape index (κ3) is 5.82. The highest BCUT2D eigenvalue weighted by atomic mass is 19.4. The summed E-state index contributed by atoms with van der Waals surface area (Å²) in [5, 5.41) is 7.94. The van der Waals surface area contributed by atoms with E-state index in [1.54, 1.807) is 30.5 Å². The van der Waals surface area contributed by atoms with Gasteiger partial charge in [0.2, 0.25) is 11.9 Å². The molecular weight excluding hydrogens is 401 g/mol. The van der Waals surface area contributed by atoms with Crippen LogP contribution in [-0.4, -0.2) is 41.0 Å². The maximum Gasteiger partial charge on any atom is 0.471 e. The topological polar surface area (TPSA) is 122 Å². The van der Waals surface area contributed by atoms with Crippen LogP contribution in [0.5, 0.6) is 0 Å². The van der Waals surface area contributed by atoms with E-state index in [-0.39, 0.29) is 6.54 Å². The number of carbonyl (C=O) groups excluding carboxylic acids is 2. The third-order valence-electron chi connectivity index (χ3n) is 4.43. The van der Waals surface area contributed by atoms with Crippen LogP contribution >= 0.6 is 0 Å². The average Bonchev–Trinajstić information content (AvgIpc) is 3.52. The van der Waals surface area contributed by atoms with Crippen molar-refractivity contribution < 1.29 is 22.8 Å². The summed E-state index contributed by atoms with van der Waals surface area (Å²) in [4.78, 5) is 30.9. The number of alkyl halides is 3. The number of amides is 2. The van der Waals surface area contributed by atoms with Crippen molar-refractivity contribution in [2.45, 2.75) is 31.4 Å². The highest BCUT2D eigenvalue weighted by Gasteiger charge is 2.38. The molecular formula is C19H21F3N6O2. The van der Waals surface area contributed by atoms with E-state index in [1.807, 2.05) is 5.32 Å². The van der Waals surface area contributed by atoms with Crippen molar-refractivity contribution in [3.05, 3.63) is 41.6 Å². The van der Waals surface area contributed by atoms with Crippen LogP contribution in [0.1, 0.15) is 41.1 Å². The van der Waals surface area contributed by atoms with E-state index < -0.39 is 18.0 Å². The second-order valence-electron chi connectivity index (χ2n) is 6.88. The van der Waals surface area contributed by atoms with E-state index in [4.69, 9.17) is 5.73 Å². The highest BCUT2D eigenvalue weighted by Crippen LogP contribution is 2.42. The second-order valence-corrected chi connectivity index (χ2v) is 6.88. The molecule has 5 N–H and O–H groups in total. The quantitative estimate of drug-likeness (QED) is 0.461. The van der Waals surface area contributed by atoms with Crippen molar-refractivity contribution in [2.75, 3.05) is 23.7 Å². The number of aromatic nitrogens is 2. The molecule has 1 aliphatic carbocycles. The minimum Gasteiger partial charge on any atom is -0.370 e. The van der Waals surface area contributed by atoms with Gasteiger partial charge in [-0.1, -0.05) is 6.07 Å². The molecule has 0 saturated heterocycles. The number of hydrogen-bond acceptors (Lipinski definition) is 6. The molecule has 1 heterocycles. The number of primary amides is 1. The number of nitrogens with two attached hydrogens (primary N) is 1. The van der Waals surface area contributed by atoms with Crippen LogP contribution in [-0.2, 0) is 4.79 Å². The van der Waals surface area contributed by atoms with Crippen LogP contribution in [0.3, 0.4) is 0 Å². The van der Waals surface area contributed by atoms with Crippen molar-refractivity contribution >= 4 is 29.3 Å². The molecule has 1 saturated carbocycles. The molecule has 2 aromatic rings. The van der Waals surface area contributed by atoms with E-state index in [1.165, 1.54) is 0 Å². The Labute approximate surface area is 170 Å². The Morgan fingerprint density at radius 1 is 1.20 bits per heavy atom. The zero-order chi connectivity index (χ0) is 21.7. The van der Waals surface area contributed by atoms with Gasteiger partial charge in [-0.05, 0) is 43.4 Å². The van der Waals surface area contributed by atoms with Crippen LogP contribution in [0.25, 0.3) is 0 Å². The molecule has 160 valence electrons. The van der Waals surface area contributed by atoms with Crippen molar-refractivity contribution in [1.82, 2.24) is 15.3 Å². The molecule has 0 atom stereocenters. The van der Waals surface area contributed by atoms with Crippen LogP contribution in [0, 0.1) is 0 Å². The number of anilines is 3. The summed E-state index contributed by atoms with van der Waals surface area (Å²) in [5.41, 5.74) is 7.15. The Morgan fingerprint density at radius 3 is 2.63 bits per heavy atom. The Balaban J connectivity index is 1.61. The number of hydrogen-bond donors (Lipinski definition) is 4. The molecule has 11 heteroatoms. The van der Waals surface area contributed by atoms with E-state index in [0.29, 0.717) is 41.9 Å². The molecule has 1 aromatic carbocycles. The summed E-state index contributed by atoms with van der Waals surface area (Å²) in [7, 11) is 0. The van der Waals surface area contributed by atoms with Gasteiger partial charge in [-0.25, -0.2) is 4.98 Å². The van der Waals surface area contributed by atoms with Gasteiger partial charge in [0.05, 0.1) is 0 Å². The molecule has 0 unspecified atom stereocenters. The minimum absolute atomic E-state index is 0.111. The fraction of sp³-hybridized carbons (Fsp3) is 0.368. The van der Waals surface area contributed by atoms with E-state index >= 15 is 0 Å². The molecule has 1 aromatic heterocycles. The van der Waals surface area contributed by atoms with Crippen molar-refractivity contribution in [3.63, 3.8) is 0 Å². The van der Waals surface area contributed by atoms with Crippen molar-refractivity contribution in [1.29, 1.82) is 0 Å². The molecule has 3 rings (SSSR count). The molecule has 1 aliphatic rings. The van der Waals surface area contributed by atoms with E-state index in [0.717, 1.165) is 18.4 Å². The van der Waals surface area contributed by atoms with Gasteiger partial charge in [0, 0.05) is 36.1 Å². The number of benzene rings is 1. The lowest BCUT2D eigenvalue weighted by molar-refractivity contribution is -0.173. The van der Waals surface area contributed by atoms with E-state index in [2.05, 4.69) is 20.6 Å². The normalized spacial score (nSPS) is 13.6. The first-order valence-electron chi connectivity index (χ1n) is 9.37. The molecule has 30 heavy (non-hydrogen) atoms. The lowest BCUT2D eigenvalue weighted by atomic mass is 10.2. The molecule has 2 amide bonds. The number of halogens is 3. The summed E-state index contributed by atoms with van der Waals surface area (Å²) in [6.07, 6.45) is -0.843. The van der Waals surface area contributed by atoms with Gasteiger partial charge >= 0.3 is 12.1 Å². The summed E-state index contributed by atoms with van der Waals surface area (Å²) >= 11 is 0. The zero-order valence-corrected chi connectivity index (χ0v) is 15.9. The Hall–Kier alpha value is -3.37. The van der Waals surface area contributed by atoms with Crippen molar-refractivity contribution in [2.24, 2.45) is 5.73 Å². The van der Waals surface area contributed by atoms with Crippen LogP contribution in [0.4, 0.5) is 30.6 Å². The van der Waals surface area contributed by atoms with Gasteiger partial charge in [0.15, 0.2) is 0 Å². The number of carbonyl (C=O) groups is 2. The standard InChI is InChI=1S/C19H21F3N6O2/c20-19(21,22)17(30)25-8-2-7-24-16-14(11-5-6-11)10-26-18(28-16)27-13-4-1-3-12(9-13)15(23)29/h1,3-4,9-11H,2,5-8H2,(H2,23,29)(H,25,30)(H2,24,26,27,28). The molecule has 1 fully saturated rings. The summed E-state index contributed by atoms with van der Waals surface area (Å²) in [6.45, 7) is 0.214. The highest BCUT2D eigenvalue weighted by molar-refractivity contribution is 5.93. The first-order chi connectivity index (χ1) is 14.2. The largest absolute Gasteiger partial charge is 0.471 e. The maximum atomic E-state index is 12.2. The fourth-order valence-electron chi connectivity index (χ4n) is 2.76. The predicted molar refractivity (Wildman–Crippen MR) is 104 cm³/mol. The summed E-state index contributed by atoms with van der Waals surface area (Å²) in [6, 6.07) is 6.59. The predicted octanol–water partition coefficient (Wildman–Crippen LogP) is 2.68. The van der Waals surface area contributed by atoms with Gasteiger partial charge in [0.25, 0.3) is 0 Å². The van der Waals surface area contributed by atoms with Crippen molar-refractivity contribution in [3.8, 4) is 0 Å². The number of nitrogens with zero attached hydrogens (tertiary/aromatic N) is 2. The monoisotopic (exact) mass is 422 g/mol. The zero-order valence-electron chi connectivity index (χ0n) is 15.9. The first-order valence-corrected chi connectivity index (χ1v) is 9.37. The Bertz CT molecular complexity index is 931. The number of nitrogens with one attached hydrogen (secondary N) is 3. The van der Waals surface area contributed by atoms with Gasteiger partial charge in [-0.15, -0.1) is 0 Å². The van der Waals surface area contributed by atoms with Crippen LogP contribution in [0.15, 0.2) is 30.5 Å². The lowest BCUT2D eigenvalue weighted by Crippen LogP contribution is -2.37.